The molecule has 1 aliphatic rings. The van der Waals surface area contributed by atoms with E-state index in [0.29, 0.717) is 42.2 Å². The maximum atomic E-state index is 5.50. The second-order valence-electron chi connectivity index (χ2n) is 6.28. The summed E-state index contributed by atoms with van der Waals surface area (Å²) in [4.78, 5) is 13.1. The number of nitrogens with one attached hydrogen (secondary N) is 1. The fourth-order valence-corrected chi connectivity index (χ4v) is 3.10. The van der Waals surface area contributed by atoms with Crippen LogP contribution in [-0.2, 0) is 0 Å². The minimum absolute atomic E-state index is 0.417. The standard InChI is InChI=1S/C17H28N4O/c1-6-22-16-12(3)10-20-17(21-16)19-9-11(2)15-7-8-18-14(5)13(15)4/h9-11,13-15,18H,6-8H2,1-5H3. The summed E-state index contributed by atoms with van der Waals surface area (Å²) in [5.74, 6) is 2.82. The quantitative estimate of drug-likeness (QED) is 0.849. The van der Waals surface area contributed by atoms with Crippen LogP contribution in [0, 0.1) is 24.7 Å². The molecule has 1 aromatic rings. The number of rotatable bonds is 5. The number of ether oxygens (including phenoxy) is 1. The summed E-state index contributed by atoms with van der Waals surface area (Å²) in [6.07, 6.45) is 4.96. The van der Waals surface area contributed by atoms with Gasteiger partial charge in [-0.2, -0.15) is 4.98 Å². The fraction of sp³-hybridized carbons (Fsp3) is 0.706. The molecule has 1 N–H and O–H groups in total. The maximum absolute atomic E-state index is 5.50. The van der Waals surface area contributed by atoms with Gasteiger partial charge in [-0.25, -0.2) is 9.98 Å². The molecule has 4 unspecified atom stereocenters. The van der Waals surface area contributed by atoms with Gasteiger partial charge in [0.2, 0.25) is 5.88 Å². The molecular formula is C17H28N4O. The molecule has 5 nitrogen and oxygen atoms in total. The van der Waals surface area contributed by atoms with Crippen LogP contribution in [0.25, 0.3) is 0 Å². The van der Waals surface area contributed by atoms with Gasteiger partial charge in [-0.05, 0) is 51.5 Å². The Morgan fingerprint density at radius 2 is 2.27 bits per heavy atom. The van der Waals surface area contributed by atoms with Gasteiger partial charge in [0.1, 0.15) is 0 Å². The number of piperidine rings is 1. The highest BCUT2D eigenvalue weighted by molar-refractivity contribution is 5.64. The van der Waals surface area contributed by atoms with E-state index < -0.39 is 0 Å². The Balaban J connectivity index is 2.06. The van der Waals surface area contributed by atoms with Gasteiger partial charge in [0.25, 0.3) is 5.95 Å². The molecule has 5 heteroatoms. The van der Waals surface area contributed by atoms with Crippen molar-refractivity contribution >= 4 is 12.2 Å². The van der Waals surface area contributed by atoms with E-state index in [9.17, 15) is 0 Å². The van der Waals surface area contributed by atoms with Crippen molar-refractivity contribution < 1.29 is 4.74 Å². The zero-order valence-corrected chi connectivity index (χ0v) is 14.3. The molecule has 0 spiro atoms. The Hall–Kier alpha value is -1.49. The van der Waals surface area contributed by atoms with E-state index >= 15 is 0 Å². The van der Waals surface area contributed by atoms with Crippen LogP contribution in [0.15, 0.2) is 11.2 Å². The number of aliphatic imine (C=N–C) groups is 1. The van der Waals surface area contributed by atoms with E-state index in [1.165, 1.54) is 6.42 Å². The largest absolute Gasteiger partial charge is 0.478 e. The Bertz CT molecular complexity index is 517. The molecule has 0 bridgehead atoms. The molecule has 122 valence electrons. The van der Waals surface area contributed by atoms with E-state index in [-0.39, 0.29) is 0 Å². The lowest BCUT2D eigenvalue weighted by Crippen LogP contribution is -2.45. The summed E-state index contributed by atoms with van der Waals surface area (Å²) in [5, 5.41) is 3.53. The van der Waals surface area contributed by atoms with Crippen LogP contribution in [0.3, 0.4) is 0 Å². The van der Waals surface area contributed by atoms with Crippen molar-refractivity contribution in [2.75, 3.05) is 13.2 Å². The zero-order chi connectivity index (χ0) is 16.1. The SMILES string of the molecule is CCOc1nc(N=CC(C)C2CCNC(C)C2C)ncc1C. The van der Waals surface area contributed by atoms with Crippen LogP contribution in [0.4, 0.5) is 5.95 Å². The number of hydrogen-bond donors (Lipinski definition) is 1. The van der Waals surface area contributed by atoms with Gasteiger partial charge < -0.3 is 10.1 Å². The van der Waals surface area contributed by atoms with E-state index in [4.69, 9.17) is 4.74 Å². The highest BCUT2D eigenvalue weighted by Gasteiger charge is 2.29. The summed E-state index contributed by atoms with van der Waals surface area (Å²) in [7, 11) is 0. The molecule has 2 rings (SSSR count). The van der Waals surface area contributed by atoms with E-state index in [2.05, 4.69) is 41.0 Å². The predicted molar refractivity (Wildman–Crippen MR) is 90.0 cm³/mol. The summed E-state index contributed by atoms with van der Waals surface area (Å²) in [5.41, 5.74) is 0.939. The van der Waals surface area contributed by atoms with Crippen molar-refractivity contribution in [1.29, 1.82) is 0 Å². The van der Waals surface area contributed by atoms with Gasteiger partial charge in [0, 0.05) is 24.0 Å². The molecule has 4 atom stereocenters. The molecule has 0 aromatic carbocycles. The highest BCUT2D eigenvalue weighted by atomic mass is 16.5. The molecule has 1 aromatic heterocycles. The number of aryl methyl sites for hydroxylation is 1. The van der Waals surface area contributed by atoms with Gasteiger partial charge in [0.15, 0.2) is 0 Å². The fourth-order valence-electron chi connectivity index (χ4n) is 3.10. The van der Waals surface area contributed by atoms with Gasteiger partial charge in [-0.3, -0.25) is 0 Å². The van der Waals surface area contributed by atoms with Crippen LogP contribution in [0.5, 0.6) is 5.88 Å². The third-order valence-electron chi connectivity index (χ3n) is 4.70. The van der Waals surface area contributed by atoms with Crippen LogP contribution >= 0.6 is 0 Å². The molecule has 1 aliphatic heterocycles. The Morgan fingerprint density at radius 3 is 3.00 bits per heavy atom. The lowest BCUT2D eigenvalue weighted by atomic mass is 9.76. The number of aromatic nitrogens is 2. The Morgan fingerprint density at radius 1 is 1.50 bits per heavy atom. The summed E-state index contributed by atoms with van der Waals surface area (Å²) >= 11 is 0. The first-order chi connectivity index (χ1) is 10.5. The minimum Gasteiger partial charge on any atom is -0.478 e. The predicted octanol–water partition coefficient (Wildman–Crippen LogP) is 3.16. The third kappa shape index (κ3) is 4.03. The molecule has 0 saturated carbocycles. The Labute approximate surface area is 133 Å². The van der Waals surface area contributed by atoms with E-state index in [1.807, 2.05) is 20.1 Å². The Kier molecular flexibility index (Phi) is 5.89. The average Bonchev–Trinajstić information content (AvgIpc) is 2.50. The first-order valence-corrected chi connectivity index (χ1v) is 8.27. The molecule has 1 saturated heterocycles. The van der Waals surface area contributed by atoms with Crippen molar-refractivity contribution in [3.63, 3.8) is 0 Å². The van der Waals surface area contributed by atoms with E-state index in [1.54, 1.807) is 6.20 Å². The zero-order valence-electron chi connectivity index (χ0n) is 14.3. The van der Waals surface area contributed by atoms with Crippen molar-refractivity contribution in [1.82, 2.24) is 15.3 Å². The average molecular weight is 304 g/mol. The second kappa shape index (κ2) is 7.68. The van der Waals surface area contributed by atoms with Crippen molar-refractivity contribution in [2.45, 2.75) is 47.1 Å². The first kappa shape index (κ1) is 16.9. The summed E-state index contributed by atoms with van der Waals surface area (Å²) in [6.45, 7) is 12.4. The minimum atomic E-state index is 0.417. The van der Waals surface area contributed by atoms with Crippen molar-refractivity contribution in [3.8, 4) is 5.88 Å². The molecule has 2 heterocycles. The van der Waals surface area contributed by atoms with Crippen LogP contribution in [0.2, 0.25) is 0 Å². The highest BCUT2D eigenvalue weighted by Crippen LogP contribution is 2.29. The summed E-state index contributed by atoms with van der Waals surface area (Å²) < 4.78 is 5.50. The first-order valence-electron chi connectivity index (χ1n) is 8.27. The van der Waals surface area contributed by atoms with Crippen molar-refractivity contribution in [3.05, 3.63) is 11.8 Å². The lowest BCUT2D eigenvalue weighted by molar-refractivity contribution is 0.189. The van der Waals surface area contributed by atoms with Crippen LogP contribution in [0.1, 0.15) is 39.7 Å². The van der Waals surface area contributed by atoms with Crippen LogP contribution in [-0.4, -0.2) is 35.4 Å². The molecule has 1 fully saturated rings. The smallest absolute Gasteiger partial charge is 0.252 e. The maximum Gasteiger partial charge on any atom is 0.252 e. The van der Waals surface area contributed by atoms with Gasteiger partial charge in [-0.1, -0.05) is 13.8 Å². The van der Waals surface area contributed by atoms with Gasteiger partial charge >= 0.3 is 0 Å². The molecule has 0 aliphatic carbocycles. The number of nitrogens with zero attached hydrogens (tertiary/aromatic N) is 3. The topological polar surface area (TPSA) is 59.4 Å². The van der Waals surface area contributed by atoms with Crippen molar-refractivity contribution in [2.24, 2.45) is 22.7 Å². The monoisotopic (exact) mass is 304 g/mol. The molecule has 0 radical (unpaired) electrons. The third-order valence-corrected chi connectivity index (χ3v) is 4.70. The molecular weight excluding hydrogens is 276 g/mol. The second-order valence-corrected chi connectivity index (χ2v) is 6.28. The van der Waals surface area contributed by atoms with Gasteiger partial charge in [-0.15, -0.1) is 0 Å². The van der Waals surface area contributed by atoms with Gasteiger partial charge in [0.05, 0.1) is 6.61 Å². The normalized spacial score (nSPS) is 27.0. The molecule has 0 amide bonds. The number of hydrogen-bond acceptors (Lipinski definition) is 5. The van der Waals surface area contributed by atoms with Crippen LogP contribution < -0.4 is 10.1 Å². The lowest BCUT2D eigenvalue weighted by Gasteiger charge is -2.37. The molecule has 22 heavy (non-hydrogen) atoms. The van der Waals surface area contributed by atoms with E-state index in [0.717, 1.165) is 12.1 Å². The summed E-state index contributed by atoms with van der Waals surface area (Å²) in [6, 6.07) is 0.565.